The summed E-state index contributed by atoms with van der Waals surface area (Å²) in [7, 11) is 0. The summed E-state index contributed by atoms with van der Waals surface area (Å²) in [6.45, 7) is 6.10. The predicted octanol–water partition coefficient (Wildman–Crippen LogP) is 4.97. The first kappa shape index (κ1) is 15.4. The van der Waals surface area contributed by atoms with Gasteiger partial charge in [-0.2, -0.15) is 0 Å². The minimum absolute atomic E-state index is 0.464. The number of benzene rings is 1. The first-order chi connectivity index (χ1) is 10.9. The highest BCUT2D eigenvalue weighted by atomic mass is 32.1. The van der Waals surface area contributed by atoms with Crippen molar-refractivity contribution >= 4 is 23.0 Å². The van der Waals surface area contributed by atoms with Gasteiger partial charge in [-0.15, -0.1) is 0 Å². The molecule has 4 bridgehead atoms. The van der Waals surface area contributed by atoms with Crippen molar-refractivity contribution in [1.82, 2.24) is 5.32 Å². The number of para-hydroxylation sites is 1. The largest absolute Gasteiger partial charge is 0.362 e. The summed E-state index contributed by atoms with van der Waals surface area (Å²) in [6.07, 6.45) is 8.51. The smallest absolute Gasteiger partial charge is 0.170 e. The second kappa shape index (κ2) is 5.20. The van der Waals surface area contributed by atoms with Gasteiger partial charge in [0.2, 0.25) is 0 Å². The zero-order valence-corrected chi connectivity index (χ0v) is 15.1. The molecule has 0 amide bonds. The van der Waals surface area contributed by atoms with Crippen LogP contribution < -0.4 is 10.6 Å². The SMILES string of the molecule is C[C@]12CC3CC(CNC(=S)Nc4ccccc4)(C1)C[C@](C)(C3)C2. The third kappa shape index (κ3) is 3.00. The van der Waals surface area contributed by atoms with Gasteiger partial charge in [0.15, 0.2) is 5.11 Å². The molecule has 0 radical (unpaired) electrons. The highest BCUT2D eigenvalue weighted by Crippen LogP contribution is 2.69. The Morgan fingerprint density at radius 3 is 2.30 bits per heavy atom. The van der Waals surface area contributed by atoms with Crippen molar-refractivity contribution in [1.29, 1.82) is 0 Å². The van der Waals surface area contributed by atoms with Gasteiger partial charge < -0.3 is 10.6 Å². The van der Waals surface area contributed by atoms with E-state index in [1.54, 1.807) is 0 Å². The lowest BCUT2D eigenvalue weighted by atomic mass is 9.40. The fraction of sp³-hybridized carbons (Fsp3) is 0.650. The quantitative estimate of drug-likeness (QED) is 0.766. The van der Waals surface area contributed by atoms with Crippen LogP contribution in [0.15, 0.2) is 30.3 Å². The molecule has 4 fully saturated rings. The number of rotatable bonds is 3. The molecule has 1 aromatic carbocycles. The maximum absolute atomic E-state index is 5.52. The fourth-order valence-electron chi connectivity index (χ4n) is 6.85. The third-order valence-corrected chi connectivity index (χ3v) is 6.64. The fourth-order valence-corrected chi connectivity index (χ4v) is 7.04. The summed E-state index contributed by atoms with van der Waals surface area (Å²) >= 11 is 5.52. The Labute approximate surface area is 145 Å². The number of thiocarbonyl (C=S) groups is 1. The first-order valence-corrected chi connectivity index (χ1v) is 9.39. The van der Waals surface area contributed by atoms with Gasteiger partial charge in [-0.3, -0.25) is 0 Å². The molecule has 0 aliphatic heterocycles. The van der Waals surface area contributed by atoms with Gasteiger partial charge in [-0.1, -0.05) is 32.0 Å². The van der Waals surface area contributed by atoms with Crippen LogP contribution in [0.2, 0.25) is 0 Å². The van der Waals surface area contributed by atoms with Crippen molar-refractivity contribution in [3.05, 3.63) is 30.3 Å². The van der Waals surface area contributed by atoms with E-state index in [4.69, 9.17) is 12.2 Å². The zero-order valence-electron chi connectivity index (χ0n) is 14.3. The topological polar surface area (TPSA) is 24.1 Å². The van der Waals surface area contributed by atoms with Crippen molar-refractivity contribution in [3.63, 3.8) is 0 Å². The summed E-state index contributed by atoms with van der Waals surface area (Å²) in [5.41, 5.74) is 2.68. The average molecular weight is 329 g/mol. The van der Waals surface area contributed by atoms with Crippen molar-refractivity contribution in [2.45, 2.75) is 52.4 Å². The Morgan fingerprint density at radius 2 is 1.70 bits per heavy atom. The molecule has 4 saturated carbocycles. The van der Waals surface area contributed by atoms with E-state index < -0.39 is 0 Å². The molecule has 0 aromatic heterocycles. The highest BCUT2D eigenvalue weighted by Gasteiger charge is 2.59. The van der Waals surface area contributed by atoms with Crippen molar-refractivity contribution < 1.29 is 0 Å². The predicted molar refractivity (Wildman–Crippen MR) is 101 cm³/mol. The first-order valence-electron chi connectivity index (χ1n) is 8.98. The van der Waals surface area contributed by atoms with Gasteiger partial charge in [0.25, 0.3) is 0 Å². The van der Waals surface area contributed by atoms with Crippen LogP contribution in [0, 0.1) is 22.2 Å². The highest BCUT2D eigenvalue weighted by molar-refractivity contribution is 7.80. The van der Waals surface area contributed by atoms with Crippen LogP contribution in [0.5, 0.6) is 0 Å². The van der Waals surface area contributed by atoms with Gasteiger partial charge in [0.05, 0.1) is 0 Å². The molecule has 5 rings (SSSR count). The molecule has 3 heteroatoms. The molecule has 2 atom stereocenters. The molecule has 0 unspecified atom stereocenters. The van der Waals surface area contributed by atoms with Gasteiger partial charge in [0.1, 0.15) is 0 Å². The molecule has 1 aromatic rings. The van der Waals surface area contributed by atoms with E-state index in [-0.39, 0.29) is 0 Å². The Bertz CT molecular complexity index is 593. The Kier molecular flexibility index (Phi) is 3.49. The Balaban J connectivity index is 1.42. The summed E-state index contributed by atoms with van der Waals surface area (Å²) < 4.78 is 0. The normalized spacial score (nSPS) is 40.9. The van der Waals surface area contributed by atoms with Crippen LogP contribution in [0.4, 0.5) is 5.69 Å². The van der Waals surface area contributed by atoms with Crippen molar-refractivity contribution in [2.75, 3.05) is 11.9 Å². The average Bonchev–Trinajstić information content (AvgIpc) is 2.42. The summed E-state index contributed by atoms with van der Waals surface area (Å²) in [4.78, 5) is 0. The van der Waals surface area contributed by atoms with Crippen LogP contribution in [-0.4, -0.2) is 11.7 Å². The molecule has 0 heterocycles. The molecule has 2 N–H and O–H groups in total. The van der Waals surface area contributed by atoms with E-state index in [1.807, 2.05) is 18.2 Å². The molecule has 23 heavy (non-hydrogen) atoms. The molecule has 4 aliphatic rings. The molecule has 4 aliphatic carbocycles. The molecule has 0 saturated heterocycles. The van der Waals surface area contributed by atoms with Crippen LogP contribution >= 0.6 is 12.2 Å². The lowest BCUT2D eigenvalue weighted by Crippen LogP contribution is -2.58. The molecular formula is C20H28N2S. The minimum Gasteiger partial charge on any atom is -0.362 e. The van der Waals surface area contributed by atoms with E-state index in [9.17, 15) is 0 Å². The number of hydrogen-bond acceptors (Lipinski definition) is 1. The van der Waals surface area contributed by atoms with Crippen LogP contribution in [0.25, 0.3) is 0 Å². The van der Waals surface area contributed by atoms with E-state index in [0.717, 1.165) is 23.3 Å². The second-order valence-electron chi connectivity index (χ2n) is 9.30. The number of hydrogen-bond donors (Lipinski definition) is 2. The maximum Gasteiger partial charge on any atom is 0.170 e. The molecule has 124 valence electrons. The monoisotopic (exact) mass is 328 g/mol. The van der Waals surface area contributed by atoms with E-state index in [1.165, 1.54) is 38.5 Å². The Hall–Kier alpha value is -1.09. The van der Waals surface area contributed by atoms with Crippen LogP contribution in [0.3, 0.4) is 0 Å². The number of nitrogens with one attached hydrogen (secondary N) is 2. The van der Waals surface area contributed by atoms with E-state index in [0.29, 0.717) is 16.2 Å². The molecular weight excluding hydrogens is 300 g/mol. The maximum atomic E-state index is 5.52. The van der Waals surface area contributed by atoms with Crippen LogP contribution in [-0.2, 0) is 0 Å². The molecule has 2 nitrogen and oxygen atoms in total. The summed E-state index contributed by atoms with van der Waals surface area (Å²) in [5, 5.41) is 7.62. The lowest BCUT2D eigenvalue weighted by molar-refractivity contribution is -0.141. The molecule has 0 spiro atoms. The van der Waals surface area contributed by atoms with Crippen molar-refractivity contribution in [3.8, 4) is 0 Å². The van der Waals surface area contributed by atoms with Gasteiger partial charge in [-0.05, 0) is 85.0 Å². The van der Waals surface area contributed by atoms with E-state index in [2.05, 4.69) is 36.6 Å². The third-order valence-electron chi connectivity index (χ3n) is 6.40. The van der Waals surface area contributed by atoms with Crippen molar-refractivity contribution in [2.24, 2.45) is 22.2 Å². The summed E-state index contributed by atoms with van der Waals surface area (Å²) in [5.74, 6) is 0.943. The summed E-state index contributed by atoms with van der Waals surface area (Å²) in [6, 6.07) is 10.2. The van der Waals surface area contributed by atoms with E-state index >= 15 is 0 Å². The lowest BCUT2D eigenvalue weighted by Gasteiger charge is -2.65. The second-order valence-corrected chi connectivity index (χ2v) is 9.71. The minimum atomic E-state index is 0.464. The zero-order chi connectivity index (χ0) is 16.1. The Morgan fingerprint density at radius 1 is 1.04 bits per heavy atom. The van der Waals surface area contributed by atoms with Gasteiger partial charge in [0, 0.05) is 12.2 Å². The number of anilines is 1. The van der Waals surface area contributed by atoms with Gasteiger partial charge in [-0.25, -0.2) is 0 Å². The standard InChI is InChI=1S/C20H28N2S/c1-18-8-15-9-19(2,11-18)13-20(10-15,12-18)14-21-17(23)22-16-6-4-3-5-7-16/h3-7,15H,8-14H2,1-2H3,(H2,21,22,23)/t15?,18-,19-,20?/m1/s1. The van der Waals surface area contributed by atoms with Crippen LogP contribution in [0.1, 0.15) is 52.4 Å². The van der Waals surface area contributed by atoms with Gasteiger partial charge >= 0.3 is 0 Å².